The second-order valence-electron chi connectivity index (χ2n) is 3.04. The normalized spacial score (nSPS) is 11.6. The zero-order valence-corrected chi connectivity index (χ0v) is 8.28. The third kappa shape index (κ3) is 2.14. The highest BCUT2D eigenvalue weighted by atomic mass is 35.5. The Kier molecular flexibility index (Phi) is 2.50. The minimum absolute atomic E-state index is 0.154. The van der Waals surface area contributed by atoms with Gasteiger partial charge in [-0.15, -0.1) is 0 Å². The van der Waals surface area contributed by atoms with E-state index in [2.05, 4.69) is 12.6 Å². The lowest BCUT2D eigenvalue weighted by Crippen LogP contribution is -2.07. The van der Waals surface area contributed by atoms with Gasteiger partial charge in [-0.3, -0.25) is 0 Å². The van der Waals surface area contributed by atoms with Gasteiger partial charge in [-0.2, -0.15) is 12.6 Å². The molecular formula is C9H11ClS. The van der Waals surface area contributed by atoms with Gasteiger partial charge < -0.3 is 0 Å². The van der Waals surface area contributed by atoms with Crippen molar-refractivity contribution in [1.82, 2.24) is 0 Å². The zero-order valence-electron chi connectivity index (χ0n) is 6.63. The first kappa shape index (κ1) is 8.95. The maximum atomic E-state index is 5.96. The number of halogens is 1. The molecule has 2 heteroatoms. The molecule has 0 aromatic heterocycles. The van der Waals surface area contributed by atoms with Gasteiger partial charge in [0.05, 0.1) is 0 Å². The highest BCUT2D eigenvalue weighted by Crippen LogP contribution is 2.32. The topological polar surface area (TPSA) is 0 Å². The van der Waals surface area contributed by atoms with E-state index in [9.17, 15) is 0 Å². The van der Waals surface area contributed by atoms with Crippen LogP contribution in [0.25, 0.3) is 0 Å². The van der Waals surface area contributed by atoms with Crippen molar-refractivity contribution in [2.45, 2.75) is 18.6 Å². The van der Waals surface area contributed by atoms with Crippen LogP contribution in [0.3, 0.4) is 0 Å². The van der Waals surface area contributed by atoms with Crippen LogP contribution in [-0.2, 0) is 4.75 Å². The summed E-state index contributed by atoms with van der Waals surface area (Å²) < 4.78 is -0.154. The Balaban J connectivity index is 3.14. The fraction of sp³-hybridized carbons (Fsp3) is 0.333. The predicted octanol–water partition coefficient (Wildman–Crippen LogP) is 3.50. The number of thiol groups is 1. The molecule has 0 spiro atoms. The summed E-state index contributed by atoms with van der Waals surface area (Å²) in [4.78, 5) is 0. The average molecular weight is 187 g/mol. The highest BCUT2D eigenvalue weighted by molar-refractivity contribution is 7.81. The van der Waals surface area contributed by atoms with Gasteiger partial charge in [-0.1, -0.05) is 29.8 Å². The molecule has 1 aromatic carbocycles. The molecule has 0 heterocycles. The molecule has 0 amide bonds. The summed E-state index contributed by atoms with van der Waals surface area (Å²) in [6.07, 6.45) is 0. The van der Waals surface area contributed by atoms with E-state index in [0.29, 0.717) is 0 Å². The maximum Gasteiger partial charge on any atom is 0.0451 e. The van der Waals surface area contributed by atoms with Crippen molar-refractivity contribution in [3.63, 3.8) is 0 Å². The van der Waals surface area contributed by atoms with Crippen LogP contribution in [0.1, 0.15) is 19.4 Å². The van der Waals surface area contributed by atoms with Crippen LogP contribution in [0.5, 0.6) is 0 Å². The molecule has 0 nitrogen and oxygen atoms in total. The number of hydrogen-bond donors (Lipinski definition) is 1. The first-order chi connectivity index (χ1) is 5.02. The average Bonchev–Trinajstić information content (AvgIpc) is 1.86. The minimum atomic E-state index is -0.154. The second-order valence-corrected chi connectivity index (χ2v) is 4.56. The number of hydrogen-bond acceptors (Lipinski definition) is 1. The van der Waals surface area contributed by atoms with Crippen molar-refractivity contribution in [2.75, 3.05) is 0 Å². The monoisotopic (exact) mass is 186 g/mol. The van der Waals surface area contributed by atoms with Crippen LogP contribution in [0.15, 0.2) is 24.3 Å². The van der Waals surface area contributed by atoms with Gasteiger partial charge in [0.25, 0.3) is 0 Å². The van der Waals surface area contributed by atoms with Crippen molar-refractivity contribution < 1.29 is 0 Å². The first-order valence-electron chi connectivity index (χ1n) is 3.49. The van der Waals surface area contributed by atoms with Crippen LogP contribution in [-0.4, -0.2) is 0 Å². The summed E-state index contributed by atoms with van der Waals surface area (Å²) in [6.45, 7) is 4.05. The third-order valence-electron chi connectivity index (χ3n) is 1.53. The van der Waals surface area contributed by atoms with E-state index in [-0.39, 0.29) is 4.75 Å². The molecule has 0 fully saturated rings. The van der Waals surface area contributed by atoms with Crippen LogP contribution < -0.4 is 0 Å². The summed E-state index contributed by atoms with van der Waals surface area (Å²) in [6, 6.07) is 7.77. The molecule has 0 aliphatic heterocycles. The lowest BCUT2D eigenvalue weighted by Gasteiger charge is -2.18. The Morgan fingerprint density at radius 3 is 2.18 bits per heavy atom. The summed E-state index contributed by atoms with van der Waals surface area (Å²) >= 11 is 10.4. The second kappa shape index (κ2) is 3.08. The molecule has 0 aliphatic rings. The van der Waals surface area contributed by atoms with Crippen molar-refractivity contribution in [3.8, 4) is 0 Å². The van der Waals surface area contributed by atoms with E-state index in [1.807, 2.05) is 38.1 Å². The standard InChI is InChI=1S/C9H11ClS/c1-9(2,11)7-5-3-4-6-8(7)10/h3-6,11H,1-2H3. The smallest absolute Gasteiger partial charge is 0.0451 e. The summed E-state index contributed by atoms with van der Waals surface area (Å²) in [5.74, 6) is 0. The van der Waals surface area contributed by atoms with Crippen LogP contribution in [0.2, 0.25) is 5.02 Å². The molecule has 11 heavy (non-hydrogen) atoms. The van der Waals surface area contributed by atoms with E-state index < -0.39 is 0 Å². The molecule has 0 saturated carbocycles. The number of benzene rings is 1. The zero-order chi connectivity index (χ0) is 8.48. The molecule has 0 saturated heterocycles. The molecule has 0 bridgehead atoms. The molecule has 60 valence electrons. The minimum Gasteiger partial charge on any atom is -0.168 e. The van der Waals surface area contributed by atoms with E-state index in [0.717, 1.165) is 10.6 Å². The molecule has 0 unspecified atom stereocenters. The fourth-order valence-electron chi connectivity index (χ4n) is 0.957. The first-order valence-corrected chi connectivity index (χ1v) is 4.32. The molecular weight excluding hydrogens is 176 g/mol. The summed E-state index contributed by atoms with van der Waals surface area (Å²) in [5, 5.41) is 0.785. The van der Waals surface area contributed by atoms with Gasteiger partial charge in [0.15, 0.2) is 0 Å². The fourth-order valence-corrected chi connectivity index (χ4v) is 1.59. The van der Waals surface area contributed by atoms with E-state index in [1.54, 1.807) is 0 Å². The molecule has 0 atom stereocenters. The molecule has 1 aromatic rings. The third-order valence-corrected chi connectivity index (χ3v) is 2.10. The Hall–Kier alpha value is -0.140. The van der Waals surface area contributed by atoms with Gasteiger partial charge in [0, 0.05) is 9.77 Å². The van der Waals surface area contributed by atoms with Gasteiger partial charge in [0.1, 0.15) is 0 Å². The molecule has 0 radical (unpaired) electrons. The Morgan fingerprint density at radius 1 is 1.27 bits per heavy atom. The Labute approximate surface area is 78.0 Å². The highest BCUT2D eigenvalue weighted by Gasteiger charge is 2.16. The largest absolute Gasteiger partial charge is 0.168 e. The van der Waals surface area contributed by atoms with Crippen molar-refractivity contribution >= 4 is 24.2 Å². The summed E-state index contributed by atoms with van der Waals surface area (Å²) in [7, 11) is 0. The predicted molar refractivity (Wildman–Crippen MR) is 53.5 cm³/mol. The Bertz CT molecular complexity index is 250. The van der Waals surface area contributed by atoms with E-state index in [4.69, 9.17) is 11.6 Å². The van der Waals surface area contributed by atoms with Crippen LogP contribution in [0, 0.1) is 0 Å². The molecule has 1 rings (SSSR count). The quantitative estimate of drug-likeness (QED) is 0.638. The SMILES string of the molecule is CC(C)(S)c1ccccc1Cl. The molecule has 0 aliphatic carbocycles. The van der Waals surface area contributed by atoms with Crippen molar-refractivity contribution in [1.29, 1.82) is 0 Å². The Morgan fingerprint density at radius 2 is 1.82 bits per heavy atom. The lowest BCUT2D eigenvalue weighted by molar-refractivity contribution is 0.791. The number of rotatable bonds is 1. The van der Waals surface area contributed by atoms with Gasteiger partial charge in [-0.05, 0) is 25.5 Å². The lowest BCUT2D eigenvalue weighted by atomic mass is 10.0. The van der Waals surface area contributed by atoms with Gasteiger partial charge in [-0.25, -0.2) is 0 Å². The van der Waals surface area contributed by atoms with Gasteiger partial charge >= 0.3 is 0 Å². The molecule has 0 N–H and O–H groups in total. The van der Waals surface area contributed by atoms with Gasteiger partial charge in [0.2, 0.25) is 0 Å². The van der Waals surface area contributed by atoms with E-state index in [1.165, 1.54) is 0 Å². The maximum absolute atomic E-state index is 5.96. The van der Waals surface area contributed by atoms with Crippen LogP contribution >= 0.6 is 24.2 Å². The van der Waals surface area contributed by atoms with Crippen molar-refractivity contribution in [2.24, 2.45) is 0 Å². The van der Waals surface area contributed by atoms with Crippen molar-refractivity contribution in [3.05, 3.63) is 34.9 Å². The van der Waals surface area contributed by atoms with Crippen LogP contribution in [0.4, 0.5) is 0 Å². The van der Waals surface area contributed by atoms with E-state index >= 15 is 0 Å². The summed E-state index contributed by atoms with van der Waals surface area (Å²) in [5.41, 5.74) is 1.07.